The first-order chi connectivity index (χ1) is 11.9. The molecule has 0 aromatic heterocycles. The van der Waals surface area contributed by atoms with Crippen LogP contribution in [0.5, 0.6) is 0 Å². The van der Waals surface area contributed by atoms with Crippen LogP contribution in [0.4, 0.5) is 0 Å². The molecule has 0 bridgehead atoms. The lowest BCUT2D eigenvalue weighted by molar-refractivity contribution is 0.0874. The molecule has 136 valence electrons. The molecule has 7 heteroatoms. The van der Waals surface area contributed by atoms with Gasteiger partial charge < -0.3 is 5.32 Å². The van der Waals surface area contributed by atoms with Gasteiger partial charge in [-0.2, -0.15) is 0 Å². The number of sulfonamides is 1. The molecule has 0 saturated heterocycles. The van der Waals surface area contributed by atoms with E-state index in [1.54, 1.807) is 6.92 Å². The second-order valence-corrected chi connectivity index (χ2v) is 8.57. The second kappa shape index (κ2) is 7.15. The largest absolute Gasteiger partial charge is 0.352 e. The van der Waals surface area contributed by atoms with Crippen molar-refractivity contribution in [2.45, 2.75) is 50.3 Å². The number of carbonyl (C=O) groups is 2. The van der Waals surface area contributed by atoms with Crippen molar-refractivity contribution in [3.63, 3.8) is 0 Å². The molecule has 0 spiro atoms. The third-order valence-corrected chi connectivity index (χ3v) is 7.00. The molecule has 0 radical (unpaired) electrons. The third kappa shape index (κ3) is 3.42. The molecule has 0 unspecified atom stereocenters. The van der Waals surface area contributed by atoms with Crippen LogP contribution in [0.15, 0.2) is 23.1 Å². The molecule has 1 saturated carbocycles. The Morgan fingerprint density at radius 1 is 1.28 bits per heavy atom. The Morgan fingerprint density at radius 2 is 2.00 bits per heavy atom. The zero-order valence-corrected chi connectivity index (χ0v) is 15.3. The molecule has 1 aliphatic carbocycles. The van der Waals surface area contributed by atoms with Crippen molar-refractivity contribution in [1.82, 2.24) is 9.62 Å². The first-order valence-corrected chi connectivity index (χ1v) is 10.4. The summed E-state index contributed by atoms with van der Waals surface area (Å²) < 4.78 is 25.6. The Hall–Kier alpha value is -1.89. The average molecular weight is 364 g/mol. The Kier molecular flexibility index (Phi) is 5.13. The Balaban J connectivity index is 1.64. The van der Waals surface area contributed by atoms with Gasteiger partial charge in [0, 0.05) is 18.7 Å². The van der Waals surface area contributed by atoms with E-state index < -0.39 is 15.9 Å². The van der Waals surface area contributed by atoms with Crippen LogP contribution in [-0.2, 0) is 10.0 Å². The smallest absolute Gasteiger partial charge is 0.268 e. The molecular weight excluding hydrogens is 340 g/mol. The summed E-state index contributed by atoms with van der Waals surface area (Å²) in [6, 6.07) is 4.25. The van der Waals surface area contributed by atoms with Crippen molar-refractivity contribution in [1.29, 1.82) is 0 Å². The van der Waals surface area contributed by atoms with E-state index in [1.165, 1.54) is 43.9 Å². The number of hydrogen-bond acceptors (Lipinski definition) is 4. The minimum Gasteiger partial charge on any atom is -0.352 e. The molecule has 1 aromatic rings. The van der Waals surface area contributed by atoms with E-state index >= 15 is 0 Å². The van der Waals surface area contributed by atoms with Crippen molar-refractivity contribution in [3.8, 4) is 0 Å². The molecule has 1 heterocycles. The summed E-state index contributed by atoms with van der Waals surface area (Å²) in [6.45, 7) is 2.27. The van der Waals surface area contributed by atoms with Gasteiger partial charge in [0.25, 0.3) is 21.8 Å². The van der Waals surface area contributed by atoms with E-state index in [0.717, 1.165) is 23.1 Å². The molecule has 6 nitrogen and oxygen atoms in total. The van der Waals surface area contributed by atoms with Crippen molar-refractivity contribution in [3.05, 3.63) is 29.3 Å². The summed E-state index contributed by atoms with van der Waals surface area (Å²) in [5.74, 6) is -0.0408. The van der Waals surface area contributed by atoms with E-state index in [4.69, 9.17) is 0 Å². The van der Waals surface area contributed by atoms with Crippen molar-refractivity contribution < 1.29 is 18.0 Å². The number of fused-ring (bicyclic) bond motifs is 1. The van der Waals surface area contributed by atoms with Crippen LogP contribution in [0.3, 0.4) is 0 Å². The molecule has 25 heavy (non-hydrogen) atoms. The highest BCUT2D eigenvalue weighted by Gasteiger charge is 2.40. The predicted octanol–water partition coefficient (Wildman–Crippen LogP) is 2.55. The van der Waals surface area contributed by atoms with E-state index in [1.807, 2.05) is 0 Å². The molecule has 0 atom stereocenters. The predicted molar refractivity (Wildman–Crippen MR) is 93.9 cm³/mol. The maximum atomic E-state index is 12.4. The van der Waals surface area contributed by atoms with E-state index in [0.29, 0.717) is 6.54 Å². The topological polar surface area (TPSA) is 83.6 Å². The van der Waals surface area contributed by atoms with Crippen LogP contribution in [0.2, 0.25) is 0 Å². The molecule has 1 fully saturated rings. The fraction of sp³-hybridized carbons (Fsp3) is 0.556. The molecule has 2 aliphatic rings. The highest BCUT2D eigenvalue weighted by molar-refractivity contribution is 7.90. The van der Waals surface area contributed by atoms with Gasteiger partial charge in [-0.3, -0.25) is 9.59 Å². The Bertz CT molecular complexity index is 782. The van der Waals surface area contributed by atoms with Crippen LogP contribution >= 0.6 is 0 Å². The van der Waals surface area contributed by atoms with Gasteiger partial charge in [-0.1, -0.05) is 25.7 Å². The molecule has 1 aliphatic heterocycles. The summed E-state index contributed by atoms with van der Waals surface area (Å²) in [4.78, 5) is 24.3. The monoisotopic (exact) mass is 364 g/mol. The fourth-order valence-electron chi connectivity index (χ4n) is 3.72. The molecule has 1 N–H and O–H groups in total. The highest BCUT2D eigenvalue weighted by Crippen LogP contribution is 2.31. The van der Waals surface area contributed by atoms with E-state index in [-0.39, 0.29) is 28.5 Å². The number of amides is 2. The number of nitrogens with one attached hydrogen (secondary N) is 1. The first-order valence-electron chi connectivity index (χ1n) is 8.94. The standard InChI is InChI=1S/C18H24N2O4S/c1-2-20-18(22)15-10-9-14(12-16(15)25(20,23)24)17(21)19-11-5-8-13-6-3-4-7-13/h9-10,12-13H,2-8,11H2,1H3,(H,19,21). The van der Waals surface area contributed by atoms with Gasteiger partial charge in [0.1, 0.15) is 4.90 Å². The third-order valence-electron chi connectivity index (χ3n) is 5.11. The van der Waals surface area contributed by atoms with Gasteiger partial charge in [0.2, 0.25) is 0 Å². The number of hydrogen-bond donors (Lipinski definition) is 1. The Labute approximate surface area is 148 Å². The number of carbonyl (C=O) groups excluding carboxylic acids is 2. The highest BCUT2D eigenvalue weighted by atomic mass is 32.2. The lowest BCUT2D eigenvalue weighted by Gasteiger charge is -2.11. The minimum atomic E-state index is -3.83. The van der Waals surface area contributed by atoms with Gasteiger partial charge in [0.05, 0.1) is 5.56 Å². The van der Waals surface area contributed by atoms with Crippen LogP contribution in [0.25, 0.3) is 0 Å². The zero-order chi connectivity index (χ0) is 18.0. The summed E-state index contributed by atoms with van der Waals surface area (Å²) in [6.07, 6.45) is 7.26. The molecule has 2 amide bonds. The summed E-state index contributed by atoms with van der Waals surface area (Å²) in [5.41, 5.74) is 0.411. The second-order valence-electron chi connectivity index (χ2n) is 6.73. The molecular formula is C18H24N2O4S. The van der Waals surface area contributed by atoms with Crippen LogP contribution in [0, 0.1) is 5.92 Å². The lowest BCUT2D eigenvalue weighted by atomic mass is 10.0. The van der Waals surface area contributed by atoms with E-state index in [2.05, 4.69) is 5.32 Å². The first kappa shape index (κ1) is 17.9. The van der Waals surface area contributed by atoms with Crippen molar-refractivity contribution in [2.24, 2.45) is 5.92 Å². The van der Waals surface area contributed by atoms with Crippen LogP contribution in [0.1, 0.15) is 66.2 Å². The van der Waals surface area contributed by atoms with Gasteiger partial charge in [-0.15, -0.1) is 0 Å². The van der Waals surface area contributed by atoms with Gasteiger partial charge in [-0.25, -0.2) is 12.7 Å². The normalized spacial score (nSPS) is 19.2. The van der Waals surface area contributed by atoms with Crippen LogP contribution in [-0.4, -0.2) is 37.6 Å². The lowest BCUT2D eigenvalue weighted by Crippen LogP contribution is -2.29. The molecule has 1 aromatic carbocycles. The number of nitrogens with zero attached hydrogens (tertiary/aromatic N) is 1. The van der Waals surface area contributed by atoms with Crippen molar-refractivity contribution >= 4 is 21.8 Å². The zero-order valence-electron chi connectivity index (χ0n) is 14.5. The SMILES string of the molecule is CCN1C(=O)c2ccc(C(=O)NCCCC3CCCC3)cc2S1(=O)=O. The fourth-order valence-corrected chi connectivity index (χ4v) is 5.33. The Morgan fingerprint density at radius 3 is 2.68 bits per heavy atom. The maximum Gasteiger partial charge on any atom is 0.268 e. The maximum absolute atomic E-state index is 12.4. The van der Waals surface area contributed by atoms with Crippen molar-refractivity contribution in [2.75, 3.05) is 13.1 Å². The average Bonchev–Trinajstić information content (AvgIpc) is 3.17. The minimum absolute atomic E-state index is 0.0713. The quantitative estimate of drug-likeness (QED) is 0.786. The number of rotatable bonds is 6. The summed E-state index contributed by atoms with van der Waals surface area (Å²) in [5, 5.41) is 2.85. The van der Waals surface area contributed by atoms with Gasteiger partial charge in [0.15, 0.2) is 0 Å². The summed E-state index contributed by atoms with van der Waals surface area (Å²) >= 11 is 0. The van der Waals surface area contributed by atoms with Crippen LogP contribution < -0.4 is 5.32 Å². The van der Waals surface area contributed by atoms with Gasteiger partial charge in [-0.05, 0) is 43.9 Å². The summed E-state index contributed by atoms with van der Waals surface area (Å²) in [7, 11) is -3.83. The van der Waals surface area contributed by atoms with E-state index in [9.17, 15) is 18.0 Å². The molecule has 3 rings (SSSR count). The van der Waals surface area contributed by atoms with Gasteiger partial charge >= 0.3 is 0 Å². The number of benzene rings is 1.